The molecule has 5 rings (SSSR count). The molecule has 12 heteroatoms. The van der Waals surface area contributed by atoms with Gasteiger partial charge in [0, 0.05) is 42.6 Å². The molecular weight excluding hydrogens is 553 g/mol. The molecule has 1 unspecified atom stereocenters. The fourth-order valence-corrected chi connectivity index (χ4v) is 7.26. The number of aliphatic carboxylic acids is 1. The van der Waals surface area contributed by atoms with Gasteiger partial charge in [-0.15, -0.1) is 11.3 Å². The summed E-state index contributed by atoms with van der Waals surface area (Å²) in [5, 5.41) is 15.6. The van der Waals surface area contributed by atoms with Gasteiger partial charge in [0.15, 0.2) is 5.13 Å². The topological polar surface area (TPSA) is 98.7 Å². The average molecular weight is 581 g/mol. The van der Waals surface area contributed by atoms with E-state index in [9.17, 15) is 14.7 Å². The first-order chi connectivity index (χ1) is 17.8. The number of nitrogens with zero attached hydrogens (tertiary/aromatic N) is 4. The average Bonchev–Trinajstić information content (AvgIpc) is 3.59. The van der Waals surface area contributed by atoms with E-state index in [0.29, 0.717) is 58.4 Å². The summed E-state index contributed by atoms with van der Waals surface area (Å²) in [6, 6.07) is 3.51. The predicted octanol–water partition coefficient (Wildman–Crippen LogP) is 5.97. The minimum absolute atomic E-state index is 0.333. The molecule has 5 heterocycles. The number of pyridine rings is 1. The Morgan fingerprint density at radius 3 is 2.59 bits per heavy atom. The van der Waals surface area contributed by atoms with Crippen LogP contribution in [0.4, 0.5) is 10.9 Å². The molecule has 196 valence electrons. The molecule has 2 fully saturated rings. The summed E-state index contributed by atoms with van der Waals surface area (Å²) in [6.45, 7) is 6.26. The Morgan fingerprint density at radius 1 is 1.19 bits per heavy atom. The molecule has 1 amide bonds. The van der Waals surface area contributed by atoms with Crippen molar-refractivity contribution in [3.05, 3.63) is 44.2 Å². The number of hydrogen-bond acceptors (Lipinski definition) is 8. The Bertz CT molecular complexity index is 1310. The number of anilines is 2. The molecular formula is C25H27Cl2N5O3S2. The van der Waals surface area contributed by atoms with E-state index in [0.717, 1.165) is 35.1 Å². The number of carbonyl (C=O) groups excluding carboxylic acids is 1. The number of halogens is 2. The molecule has 8 nitrogen and oxygen atoms in total. The van der Waals surface area contributed by atoms with Gasteiger partial charge >= 0.3 is 5.97 Å². The number of rotatable bonds is 7. The Labute approximate surface area is 233 Å². The number of aromatic nitrogens is 2. The van der Waals surface area contributed by atoms with E-state index in [-0.39, 0.29) is 11.8 Å². The Kier molecular flexibility index (Phi) is 8.02. The van der Waals surface area contributed by atoms with Crippen LogP contribution < -0.4 is 10.2 Å². The van der Waals surface area contributed by atoms with Gasteiger partial charge < -0.3 is 10.0 Å². The van der Waals surface area contributed by atoms with Gasteiger partial charge in [-0.3, -0.25) is 19.8 Å². The standard InChI is InChI=1S/C25H27Cl2N5O3S2/c1-14-2-5-31(11-14)12-20-21(19-9-17(26)13-36-19)29-25(37-20)30-23(33)16-8-18(27)22(28-10-16)32-6-3-15(4-7-32)24(34)35/h8-10,13-15H,2-7,11-12H2,1H3,(H,34,35)(H,29,30,33). The third kappa shape index (κ3) is 6.09. The molecule has 2 aliphatic heterocycles. The maximum absolute atomic E-state index is 13.1. The second kappa shape index (κ2) is 11.2. The molecule has 3 aromatic heterocycles. The maximum Gasteiger partial charge on any atom is 0.306 e. The van der Waals surface area contributed by atoms with E-state index >= 15 is 0 Å². The van der Waals surface area contributed by atoms with Crippen LogP contribution in [0.15, 0.2) is 23.7 Å². The Morgan fingerprint density at radius 2 is 1.97 bits per heavy atom. The van der Waals surface area contributed by atoms with Gasteiger partial charge in [-0.1, -0.05) is 41.5 Å². The number of carboxylic acids is 1. The van der Waals surface area contributed by atoms with E-state index in [1.807, 2.05) is 16.3 Å². The highest BCUT2D eigenvalue weighted by atomic mass is 35.5. The third-order valence-electron chi connectivity index (χ3n) is 6.82. The molecule has 3 aromatic rings. The van der Waals surface area contributed by atoms with Crippen molar-refractivity contribution in [3.63, 3.8) is 0 Å². The first kappa shape index (κ1) is 26.4. The van der Waals surface area contributed by atoms with Crippen LogP contribution in [0, 0.1) is 11.8 Å². The number of likely N-dealkylation sites (tertiary alicyclic amines) is 1. The van der Waals surface area contributed by atoms with Crippen molar-refractivity contribution in [2.24, 2.45) is 11.8 Å². The van der Waals surface area contributed by atoms with Gasteiger partial charge in [0.1, 0.15) is 5.82 Å². The molecule has 2 N–H and O–H groups in total. The fourth-order valence-electron chi connectivity index (χ4n) is 4.81. The monoisotopic (exact) mass is 579 g/mol. The largest absolute Gasteiger partial charge is 0.481 e. The van der Waals surface area contributed by atoms with Crippen molar-refractivity contribution >= 4 is 68.7 Å². The first-order valence-electron chi connectivity index (χ1n) is 12.2. The number of amides is 1. The summed E-state index contributed by atoms with van der Waals surface area (Å²) in [6.07, 6.45) is 3.76. The lowest BCUT2D eigenvalue weighted by molar-refractivity contribution is -0.142. The summed E-state index contributed by atoms with van der Waals surface area (Å²) in [5.41, 5.74) is 1.19. The van der Waals surface area contributed by atoms with E-state index < -0.39 is 5.97 Å². The highest BCUT2D eigenvalue weighted by Crippen LogP contribution is 2.38. The van der Waals surface area contributed by atoms with E-state index in [4.69, 9.17) is 28.2 Å². The van der Waals surface area contributed by atoms with Crippen molar-refractivity contribution in [2.75, 3.05) is 36.4 Å². The third-order valence-corrected chi connectivity index (χ3v) is 9.34. The van der Waals surface area contributed by atoms with Crippen LogP contribution in [0.25, 0.3) is 10.6 Å². The zero-order valence-electron chi connectivity index (χ0n) is 20.2. The van der Waals surface area contributed by atoms with Crippen molar-refractivity contribution in [2.45, 2.75) is 32.7 Å². The van der Waals surface area contributed by atoms with Gasteiger partial charge in [-0.25, -0.2) is 9.97 Å². The van der Waals surface area contributed by atoms with Gasteiger partial charge in [0.25, 0.3) is 5.91 Å². The number of carboxylic acid groups (broad SMARTS) is 1. The van der Waals surface area contributed by atoms with Crippen LogP contribution in [0.2, 0.25) is 10.0 Å². The summed E-state index contributed by atoms with van der Waals surface area (Å²) in [5.74, 6) is -0.203. The molecule has 0 radical (unpaired) electrons. The van der Waals surface area contributed by atoms with Crippen LogP contribution in [-0.4, -0.2) is 58.0 Å². The molecule has 2 saturated heterocycles. The van der Waals surface area contributed by atoms with Crippen LogP contribution in [0.1, 0.15) is 41.4 Å². The highest BCUT2D eigenvalue weighted by molar-refractivity contribution is 7.17. The molecule has 0 aliphatic carbocycles. The molecule has 0 aromatic carbocycles. The first-order valence-corrected chi connectivity index (χ1v) is 14.6. The smallest absolute Gasteiger partial charge is 0.306 e. The highest BCUT2D eigenvalue weighted by Gasteiger charge is 2.27. The van der Waals surface area contributed by atoms with E-state index in [2.05, 4.69) is 22.1 Å². The lowest BCUT2D eigenvalue weighted by atomic mass is 9.97. The lowest BCUT2D eigenvalue weighted by Crippen LogP contribution is -2.37. The molecule has 0 bridgehead atoms. The SMILES string of the molecule is CC1CCN(Cc2sc(NC(=O)c3cnc(N4CCC(C(=O)O)CC4)c(Cl)c3)nc2-c2cc(Cl)cs2)C1. The molecule has 2 aliphatic rings. The Balaban J connectivity index is 1.31. The minimum Gasteiger partial charge on any atom is -0.481 e. The molecule has 0 saturated carbocycles. The molecule has 1 atom stereocenters. The quantitative estimate of drug-likeness (QED) is 0.355. The summed E-state index contributed by atoms with van der Waals surface area (Å²) in [4.78, 5) is 39.9. The van der Waals surface area contributed by atoms with Crippen molar-refractivity contribution in [1.82, 2.24) is 14.9 Å². The van der Waals surface area contributed by atoms with Gasteiger partial charge in [0.05, 0.1) is 32.1 Å². The maximum atomic E-state index is 13.1. The van der Waals surface area contributed by atoms with Crippen LogP contribution in [0.3, 0.4) is 0 Å². The van der Waals surface area contributed by atoms with Crippen molar-refractivity contribution < 1.29 is 14.7 Å². The summed E-state index contributed by atoms with van der Waals surface area (Å²) >= 11 is 15.7. The van der Waals surface area contributed by atoms with Gasteiger partial charge in [-0.05, 0) is 43.9 Å². The Hall–Kier alpha value is -2.24. The predicted molar refractivity (Wildman–Crippen MR) is 149 cm³/mol. The van der Waals surface area contributed by atoms with E-state index in [1.165, 1.54) is 35.3 Å². The number of carbonyl (C=O) groups is 2. The number of thiophene rings is 1. The zero-order chi connectivity index (χ0) is 26.1. The van der Waals surface area contributed by atoms with Crippen molar-refractivity contribution in [3.8, 4) is 10.6 Å². The van der Waals surface area contributed by atoms with Gasteiger partial charge in [-0.2, -0.15) is 0 Å². The van der Waals surface area contributed by atoms with Crippen LogP contribution in [-0.2, 0) is 11.3 Å². The summed E-state index contributed by atoms with van der Waals surface area (Å²) in [7, 11) is 0. The number of nitrogens with one attached hydrogen (secondary N) is 1. The number of hydrogen-bond donors (Lipinski definition) is 2. The minimum atomic E-state index is -0.767. The number of piperidine rings is 1. The second-order valence-electron chi connectivity index (χ2n) is 9.63. The van der Waals surface area contributed by atoms with Gasteiger partial charge in [0.2, 0.25) is 0 Å². The second-order valence-corrected chi connectivity index (χ2v) is 12.5. The molecule has 0 spiro atoms. The number of thiazole rings is 1. The van der Waals surface area contributed by atoms with Crippen LogP contribution >= 0.6 is 45.9 Å². The van der Waals surface area contributed by atoms with Crippen molar-refractivity contribution in [1.29, 1.82) is 0 Å². The molecule has 37 heavy (non-hydrogen) atoms. The van der Waals surface area contributed by atoms with E-state index in [1.54, 1.807) is 6.07 Å². The van der Waals surface area contributed by atoms with Crippen LogP contribution in [0.5, 0.6) is 0 Å². The normalized spacial score (nSPS) is 18.9. The summed E-state index contributed by atoms with van der Waals surface area (Å²) < 4.78 is 0. The zero-order valence-corrected chi connectivity index (χ0v) is 23.4. The fraction of sp³-hybridized carbons (Fsp3) is 0.440. The lowest BCUT2D eigenvalue weighted by Gasteiger charge is -2.31.